The number of ether oxygens (including phenoxy) is 1. The second-order valence-electron chi connectivity index (χ2n) is 7.97. The highest BCUT2D eigenvalue weighted by atomic mass is 32.2. The van der Waals surface area contributed by atoms with Gasteiger partial charge in [-0.05, 0) is 60.7 Å². The Morgan fingerprint density at radius 3 is 2.45 bits per heavy atom. The van der Waals surface area contributed by atoms with Crippen molar-refractivity contribution < 1.29 is 22.7 Å². The van der Waals surface area contributed by atoms with Crippen molar-refractivity contribution in [2.45, 2.75) is 36.1 Å². The summed E-state index contributed by atoms with van der Waals surface area (Å²) in [6.07, 6.45) is 1.57. The van der Waals surface area contributed by atoms with E-state index in [2.05, 4.69) is 4.98 Å². The minimum Gasteiger partial charge on any atom is -0.497 e. The highest BCUT2D eigenvalue weighted by Crippen LogP contribution is 2.31. The number of amides is 2. The minimum atomic E-state index is -4.07. The van der Waals surface area contributed by atoms with Gasteiger partial charge in [-0.15, -0.1) is 0 Å². The van der Waals surface area contributed by atoms with Crippen molar-refractivity contribution in [2.75, 3.05) is 13.7 Å². The molecule has 2 aromatic carbocycles. The van der Waals surface area contributed by atoms with Crippen LogP contribution in [0.15, 0.2) is 58.3 Å². The molecule has 0 spiro atoms. The molecule has 0 fully saturated rings. The molecule has 172 valence electrons. The molecule has 0 aliphatic carbocycles. The number of H-pyrrole nitrogens is 1. The molecular weight excluding hydrogens is 442 g/mol. The average Bonchev–Trinajstić information content (AvgIpc) is 3.03. The molecule has 8 nitrogen and oxygen atoms in total. The van der Waals surface area contributed by atoms with E-state index in [9.17, 15) is 18.0 Å². The van der Waals surface area contributed by atoms with E-state index in [1.54, 1.807) is 30.2 Å². The fourth-order valence-corrected chi connectivity index (χ4v) is 5.89. The van der Waals surface area contributed by atoms with Crippen LogP contribution < -0.4 is 10.5 Å². The molecule has 1 aliphatic heterocycles. The Balaban J connectivity index is 1.76. The molecular formula is C24H25N3O5S. The summed E-state index contributed by atoms with van der Waals surface area (Å²) in [5.41, 5.74) is 7.53. The second-order valence-corrected chi connectivity index (χ2v) is 9.86. The van der Waals surface area contributed by atoms with E-state index >= 15 is 0 Å². The van der Waals surface area contributed by atoms with Gasteiger partial charge in [0.15, 0.2) is 0 Å². The highest BCUT2D eigenvalue weighted by Gasteiger charge is 2.33. The first kappa shape index (κ1) is 22.6. The molecule has 4 rings (SSSR count). The van der Waals surface area contributed by atoms with Crippen molar-refractivity contribution in [1.29, 1.82) is 0 Å². The molecule has 0 saturated heterocycles. The van der Waals surface area contributed by atoms with Gasteiger partial charge in [0, 0.05) is 13.1 Å². The van der Waals surface area contributed by atoms with E-state index in [0.29, 0.717) is 18.8 Å². The third kappa shape index (κ3) is 4.11. The van der Waals surface area contributed by atoms with E-state index in [4.69, 9.17) is 10.5 Å². The number of carbonyl (C=O) groups is 2. The van der Waals surface area contributed by atoms with Crippen molar-refractivity contribution in [1.82, 2.24) is 9.88 Å². The number of rotatable bonds is 5. The number of nitrogens with two attached hydrogens (primary N) is 1. The predicted molar refractivity (Wildman–Crippen MR) is 122 cm³/mol. The molecule has 33 heavy (non-hydrogen) atoms. The van der Waals surface area contributed by atoms with Crippen molar-refractivity contribution in [3.05, 3.63) is 76.6 Å². The fourth-order valence-electron chi connectivity index (χ4n) is 4.21. The second kappa shape index (κ2) is 8.74. The first-order valence-corrected chi connectivity index (χ1v) is 12.0. The van der Waals surface area contributed by atoms with Crippen LogP contribution in [-0.2, 0) is 22.8 Å². The maximum Gasteiger partial charge on any atom is 0.270 e. The van der Waals surface area contributed by atoms with Crippen LogP contribution in [0.1, 0.15) is 44.1 Å². The first-order chi connectivity index (χ1) is 15.7. The lowest BCUT2D eigenvalue weighted by Gasteiger charge is -2.21. The fraction of sp³-hybridized carbons (Fsp3) is 0.250. The van der Waals surface area contributed by atoms with Crippen LogP contribution >= 0.6 is 0 Å². The minimum absolute atomic E-state index is 0.0180. The van der Waals surface area contributed by atoms with E-state index < -0.39 is 15.7 Å². The van der Waals surface area contributed by atoms with Crippen LogP contribution in [0, 0.1) is 6.92 Å². The smallest absolute Gasteiger partial charge is 0.270 e. The lowest BCUT2D eigenvalue weighted by molar-refractivity contribution is 0.0739. The monoisotopic (exact) mass is 467 g/mol. The van der Waals surface area contributed by atoms with E-state index in [0.717, 1.165) is 24.0 Å². The summed E-state index contributed by atoms with van der Waals surface area (Å²) in [5, 5.41) is 0. The summed E-state index contributed by atoms with van der Waals surface area (Å²) in [4.78, 5) is 29.8. The third-order valence-electron chi connectivity index (χ3n) is 5.91. The Kier molecular flexibility index (Phi) is 5.99. The van der Waals surface area contributed by atoms with Crippen LogP contribution in [0.2, 0.25) is 0 Å². The Morgan fingerprint density at radius 2 is 1.79 bits per heavy atom. The number of fused-ring (bicyclic) bond motifs is 1. The maximum atomic E-state index is 13.5. The number of methoxy groups -OCH3 is 1. The summed E-state index contributed by atoms with van der Waals surface area (Å²) in [6.45, 7) is 2.35. The van der Waals surface area contributed by atoms with Gasteiger partial charge in [0.05, 0.1) is 12.0 Å². The molecule has 3 aromatic rings. The van der Waals surface area contributed by atoms with Gasteiger partial charge >= 0.3 is 0 Å². The lowest BCUT2D eigenvalue weighted by atomic mass is 10.0. The van der Waals surface area contributed by atoms with Gasteiger partial charge in [0.25, 0.3) is 11.8 Å². The van der Waals surface area contributed by atoms with Gasteiger partial charge in [-0.25, -0.2) is 8.42 Å². The van der Waals surface area contributed by atoms with Crippen LogP contribution in [0.4, 0.5) is 0 Å². The number of hydrogen-bond acceptors (Lipinski definition) is 5. The van der Waals surface area contributed by atoms with Gasteiger partial charge in [0.1, 0.15) is 22.0 Å². The van der Waals surface area contributed by atoms with Gasteiger partial charge in [-0.3, -0.25) is 9.59 Å². The van der Waals surface area contributed by atoms with Crippen LogP contribution in [0.25, 0.3) is 0 Å². The number of aryl methyl sites for hydroxylation is 1. The molecule has 0 unspecified atom stereocenters. The van der Waals surface area contributed by atoms with Crippen LogP contribution in [-0.4, -0.2) is 43.8 Å². The molecule has 0 bridgehead atoms. The molecule has 0 radical (unpaired) electrons. The van der Waals surface area contributed by atoms with Gasteiger partial charge in [0.2, 0.25) is 9.84 Å². The molecule has 1 aliphatic rings. The predicted octanol–water partition coefficient (Wildman–Crippen LogP) is 2.85. The number of sulfone groups is 1. The van der Waals surface area contributed by atoms with E-state index in [1.807, 2.05) is 18.2 Å². The Bertz CT molecular complexity index is 1330. The SMILES string of the molecule is COc1ccc2c(c1)CN(C(=O)c1[nH]c(C(N)=O)c(S(=O)(=O)c3ccccc3)c1C)CCC2. The van der Waals surface area contributed by atoms with Crippen molar-refractivity contribution >= 4 is 21.7 Å². The number of benzene rings is 2. The molecule has 2 heterocycles. The van der Waals surface area contributed by atoms with E-state index in [1.165, 1.54) is 19.1 Å². The number of aromatic nitrogens is 1. The molecule has 0 atom stereocenters. The normalized spacial score (nSPS) is 13.8. The zero-order valence-corrected chi connectivity index (χ0v) is 19.2. The van der Waals surface area contributed by atoms with Gasteiger partial charge in [-0.2, -0.15) is 0 Å². The lowest BCUT2D eigenvalue weighted by Crippen LogP contribution is -2.31. The van der Waals surface area contributed by atoms with Crippen molar-refractivity contribution in [3.63, 3.8) is 0 Å². The average molecular weight is 468 g/mol. The van der Waals surface area contributed by atoms with Crippen molar-refractivity contribution in [3.8, 4) is 5.75 Å². The quantitative estimate of drug-likeness (QED) is 0.597. The largest absolute Gasteiger partial charge is 0.497 e. The van der Waals surface area contributed by atoms with Crippen molar-refractivity contribution in [2.24, 2.45) is 5.73 Å². The number of hydrogen-bond donors (Lipinski definition) is 2. The zero-order chi connectivity index (χ0) is 23.8. The Morgan fingerprint density at radius 1 is 1.06 bits per heavy atom. The summed E-state index contributed by atoms with van der Waals surface area (Å²) >= 11 is 0. The van der Waals surface area contributed by atoms with Crippen LogP contribution in [0.5, 0.6) is 5.75 Å². The van der Waals surface area contributed by atoms with Crippen LogP contribution in [0.3, 0.4) is 0 Å². The zero-order valence-electron chi connectivity index (χ0n) is 18.4. The Labute approximate surface area is 192 Å². The highest BCUT2D eigenvalue weighted by molar-refractivity contribution is 7.91. The topological polar surface area (TPSA) is 123 Å². The number of primary amides is 1. The molecule has 0 saturated carbocycles. The van der Waals surface area contributed by atoms with E-state index in [-0.39, 0.29) is 32.6 Å². The van der Waals surface area contributed by atoms with Gasteiger partial charge in [-0.1, -0.05) is 24.3 Å². The number of carbonyl (C=O) groups excluding carboxylic acids is 2. The summed E-state index contributed by atoms with van der Waals surface area (Å²) in [6, 6.07) is 13.5. The summed E-state index contributed by atoms with van der Waals surface area (Å²) < 4.78 is 31.9. The molecule has 9 heteroatoms. The summed E-state index contributed by atoms with van der Waals surface area (Å²) in [7, 11) is -2.49. The van der Waals surface area contributed by atoms with Gasteiger partial charge < -0.3 is 20.4 Å². The standard InChI is InChI=1S/C24H25N3O5S/c1-15-20(24(29)27-12-6-7-16-10-11-18(32-2)13-17(16)14-27)26-21(23(25)28)22(15)33(30,31)19-8-4-3-5-9-19/h3-5,8-11,13,26H,6-7,12,14H2,1-2H3,(H2,25,28). The third-order valence-corrected chi connectivity index (χ3v) is 7.85. The summed E-state index contributed by atoms with van der Waals surface area (Å²) in [5.74, 6) is -0.635. The first-order valence-electron chi connectivity index (χ1n) is 10.5. The molecule has 1 aromatic heterocycles. The number of nitrogens with one attached hydrogen (secondary N) is 1. The maximum absolute atomic E-state index is 13.5. The number of nitrogens with zero attached hydrogens (tertiary/aromatic N) is 1. The Hall–Kier alpha value is -3.59. The molecule has 2 amide bonds. The molecule has 3 N–H and O–H groups in total. The number of aromatic amines is 1.